The van der Waals surface area contributed by atoms with Gasteiger partial charge in [-0.2, -0.15) is 0 Å². The first kappa shape index (κ1) is 15.2. The molecule has 0 atom stereocenters. The van der Waals surface area contributed by atoms with Crippen molar-refractivity contribution < 1.29 is 23.9 Å². The van der Waals surface area contributed by atoms with Crippen molar-refractivity contribution in [1.29, 1.82) is 0 Å². The van der Waals surface area contributed by atoms with Crippen LogP contribution < -0.4 is 0 Å². The smallest absolute Gasteiger partial charge is 0.327 e. The monoisotopic (exact) mass is 310 g/mol. The second-order valence-electron chi connectivity index (χ2n) is 4.61. The van der Waals surface area contributed by atoms with Crippen LogP contribution >= 0.6 is 11.3 Å². The molecule has 1 fully saturated rings. The normalized spacial score (nSPS) is 14.8. The van der Waals surface area contributed by atoms with Crippen LogP contribution in [0.5, 0.6) is 0 Å². The summed E-state index contributed by atoms with van der Waals surface area (Å²) in [6.45, 7) is 0.942. The zero-order valence-corrected chi connectivity index (χ0v) is 12.4. The Morgan fingerprint density at radius 3 is 2.57 bits per heavy atom. The zero-order valence-electron chi connectivity index (χ0n) is 11.6. The summed E-state index contributed by atoms with van der Waals surface area (Å²) in [5, 5.41) is 0. The number of imide groups is 1. The number of nitrogens with zero attached hydrogens (tertiary/aromatic N) is 2. The number of aryl methyl sites for hydroxylation is 1. The van der Waals surface area contributed by atoms with Crippen molar-refractivity contribution in [3.05, 3.63) is 21.9 Å². The molecule has 2 heterocycles. The Balaban J connectivity index is 1.84. The molecule has 112 valence electrons. The minimum absolute atomic E-state index is 0.0560. The highest BCUT2D eigenvalue weighted by molar-refractivity contribution is 7.14. The van der Waals surface area contributed by atoms with Crippen molar-refractivity contribution in [1.82, 2.24) is 9.80 Å². The number of carbonyl (C=O) groups is 4. The third kappa shape index (κ3) is 3.46. The summed E-state index contributed by atoms with van der Waals surface area (Å²) in [5.41, 5.74) is 0. The van der Waals surface area contributed by atoms with Gasteiger partial charge in [-0.25, -0.2) is 4.79 Å². The van der Waals surface area contributed by atoms with Gasteiger partial charge in [-0.1, -0.05) is 0 Å². The standard InChI is InChI=1S/C13H14N2O5S/c1-8-3-4-10(21-8)9(16)7-20-12(18)6-15-11(17)5-14(2)13(15)19/h3-4H,5-7H2,1-2H3. The molecule has 1 aromatic rings. The Labute approximate surface area is 125 Å². The average molecular weight is 310 g/mol. The van der Waals surface area contributed by atoms with Gasteiger partial charge in [0.05, 0.1) is 4.88 Å². The highest BCUT2D eigenvalue weighted by Crippen LogP contribution is 2.15. The van der Waals surface area contributed by atoms with Gasteiger partial charge in [-0.05, 0) is 19.1 Å². The number of urea groups is 1. The summed E-state index contributed by atoms with van der Waals surface area (Å²) < 4.78 is 4.81. The van der Waals surface area contributed by atoms with Gasteiger partial charge in [0.25, 0.3) is 5.91 Å². The van der Waals surface area contributed by atoms with Crippen molar-refractivity contribution in [3.8, 4) is 0 Å². The van der Waals surface area contributed by atoms with E-state index in [1.54, 1.807) is 12.1 Å². The van der Waals surface area contributed by atoms with E-state index < -0.39 is 31.1 Å². The zero-order chi connectivity index (χ0) is 15.6. The summed E-state index contributed by atoms with van der Waals surface area (Å²) in [5.74, 6) is -1.55. The Morgan fingerprint density at radius 1 is 1.33 bits per heavy atom. The molecule has 0 spiro atoms. The number of hydrogen-bond donors (Lipinski definition) is 0. The van der Waals surface area contributed by atoms with Crippen LogP contribution in [0.2, 0.25) is 0 Å². The van der Waals surface area contributed by atoms with Crippen molar-refractivity contribution in [2.45, 2.75) is 6.92 Å². The fourth-order valence-corrected chi connectivity index (χ4v) is 2.59. The number of ether oxygens (including phenoxy) is 1. The average Bonchev–Trinajstić information content (AvgIpc) is 2.96. The van der Waals surface area contributed by atoms with Crippen LogP contribution in [-0.2, 0) is 14.3 Å². The van der Waals surface area contributed by atoms with Crippen LogP contribution in [0.1, 0.15) is 14.5 Å². The van der Waals surface area contributed by atoms with Crippen LogP contribution in [-0.4, -0.2) is 60.2 Å². The van der Waals surface area contributed by atoms with Gasteiger partial charge in [-0.15, -0.1) is 11.3 Å². The Bertz CT molecular complexity index is 609. The number of carbonyl (C=O) groups excluding carboxylic acids is 4. The van der Waals surface area contributed by atoms with Gasteiger partial charge in [0.2, 0.25) is 5.78 Å². The Morgan fingerprint density at radius 2 is 2.05 bits per heavy atom. The maximum absolute atomic E-state index is 11.8. The molecular formula is C13H14N2O5S. The molecule has 1 aromatic heterocycles. The van der Waals surface area contributed by atoms with Crippen LogP contribution in [0, 0.1) is 6.92 Å². The third-order valence-corrected chi connectivity index (χ3v) is 3.94. The van der Waals surface area contributed by atoms with Gasteiger partial charge in [0, 0.05) is 11.9 Å². The molecule has 0 radical (unpaired) electrons. The minimum Gasteiger partial charge on any atom is -0.456 e. The quantitative estimate of drug-likeness (QED) is 0.453. The fourth-order valence-electron chi connectivity index (χ4n) is 1.80. The molecule has 0 N–H and O–H groups in total. The van der Waals surface area contributed by atoms with E-state index in [9.17, 15) is 19.2 Å². The maximum Gasteiger partial charge on any atom is 0.327 e. The van der Waals surface area contributed by atoms with E-state index in [0.29, 0.717) is 4.88 Å². The van der Waals surface area contributed by atoms with E-state index in [4.69, 9.17) is 4.74 Å². The molecule has 0 unspecified atom stereocenters. The highest BCUT2D eigenvalue weighted by Gasteiger charge is 2.35. The first-order valence-corrected chi connectivity index (χ1v) is 7.01. The van der Waals surface area contributed by atoms with E-state index in [1.165, 1.54) is 23.3 Å². The maximum atomic E-state index is 11.8. The second-order valence-corrected chi connectivity index (χ2v) is 5.90. The lowest BCUT2D eigenvalue weighted by Gasteiger charge is -2.12. The number of esters is 1. The molecule has 7 nitrogen and oxygen atoms in total. The lowest BCUT2D eigenvalue weighted by molar-refractivity contribution is -0.145. The molecule has 0 aromatic carbocycles. The van der Waals surface area contributed by atoms with E-state index in [1.807, 2.05) is 6.92 Å². The van der Waals surface area contributed by atoms with Crippen molar-refractivity contribution >= 4 is 35.0 Å². The minimum atomic E-state index is -0.784. The molecule has 0 bridgehead atoms. The number of likely N-dealkylation sites (N-methyl/N-ethyl adjacent to an activating group) is 1. The number of hydrogen-bond acceptors (Lipinski definition) is 6. The van der Waals surface area contributed by atoms with Crippen LogP contribution in [0.4, 0.5) is 4.79 Å². The molecular weight excluding hydrogens is 296 g/mol. The fraction of sp³-hybridized carbons (Fsp3) is 0.385. The van der Waals surface area contributed by atoms with Gasteiger partial charge < -0.3 is 9.64 Å². The summed E-state index contributed by atoms with van der Waals surface area (Å²) >= 11 is 1.32. The van der Waals surface area contributed by atoms with Gasteiger partial charge in [0.15, 0.2) is 6.61 Å². The molecule has 3 amide bonds. The van der Waals surface area contributed by atoms with E-state index in [0.717, 1.165) is 9.78 Å². The first-order chi connectivity index (χ1) is 9.88. The summed E-state index contributed by atoms with van der Waals surface area (Å²) in [6.07, 6.45) is 0. The van der Waals surface area contributed by atoms with Crippen LogP contribution in [0.3, 0.4) is 0 Å². The summed E-state index contributed by atoms with van der Waals surface area (Å²) in [4.78, 5) is 49.9. The van der Waals surface area contributed by atoms with E-state index >= 15 is 0 Å². The third-order valence-electron chi connectivity index (χ3n) is 2.90. The predicted molar refractivity (Wildman–Crippen MR) is 74.1 cm³/mol. The number of rotatable bonds is 5. The molecule has 2 rings (SSSR count). The summed E-state index contributed by atoms with van der Waals surface area (Å²) in [7, 11) is 1.47. The molecule has 0 saturated carbocycles. The molecule has 1 aliphatic heterocycles. The van der Waals surface area contributed by atoms with Crippen molar-refractivity contribution in [2.24, 2.45) is 0 Å². The highest BCUT2D eigenvalue weighted by atomic mass is 32.1. The SMILES string of the molecule is Cc1ccc(C(=O)COC(=O)CN2C(=O)CN(C)C2=O)s1. The second kappa shape index (κ2) is 6.04. The lowest BCUT2D eigenvalue weighted by atomic mass is 10.3. The van der Waals surface area contributed by atoms with Crippen molar-refractivity contribution in [2.75, 3.05) is 26.7 Å². The van der Waals surface area contributed by atoms with E-state index in [2.05, 4.69) is 0 Å². The van der Waals surface area contributed by atoms with Gasteiger partial charge in [0.1, 0.15) is 13.1 Å². The largest absolute Gasteiger partial charge is 0.456 e. The molecule has 0 aliphatic carbocycles. The molecule has 1 saturated heterocycles. The number of Topliss-reactive ketones (excluding diaryl/α,β-unsaturated/α-hetero) is 1. The van der Waals surface area contributed by atoms with Crippen LogP contribution in [0.25, 0.3) is 0 Å². The predicted octanol–water partition coefficient (Wildman–Crippen LogP) is 0.676. The Kier molecular flexibility index (Phi) is 4.37. The Hall–Kier alpha value is -2.22. The van der Waals surface area contributed by atoms with Gasteiger partial charge >= 0.3 is 12.0 Å². The number of amides is 3. The van der Waals surface area contributed by atoms with Gasteiger partial charge in [-0.3, -0.25) is 19.3 Å². The summed E-state index contributed by atoms with van der Waals surface area (Å²) in [6, 6.07) is 2.92. The molecule has 21 heavy (non-hydrogen) atoms. The molecule has 1 aliphatic rings. The lowest BCUT2D eigenvalue weighted by Crippen LogP contribution is -2.37. The topological polar surface area (TPSA) is 84.0 Å². The van der Waals surface area contributed by atoms with E-state index in [-0.39, 0.29) is 12.3 Å². The number of ketones is 1. The van der Waals surface area contributed by atoms with Crippen molar-refractivity contribution in [3.63, 3.8) is 0 Å². The molecule has 8 heteroatoms. The first-order valence-electron chi connectivity index (χ1n) is 6.19. The van der Waals surface area contributed by atoms with Crippen LogP contribution in [0.15, 0.2) is 12.1 Å². The number of thiophene rings is 1.